The average Bonchev–Trinajstić information content (AvgIpc) is 2.48. The molecule has 1 aromatic heterocycles. The second kappa shape index (κ2) is 4.60. The second-order valence-electron chi connectivity index (χ2n) is 4.53. The van der Waals surface area contributed by atoms with Gasteiger partial charge in [-0.15, -0.1) is 0 Å². The predicted octanol–water partition coefficient (Wildman–Crippen LogP) is 2.86. The maximum Gasteiger partial charge on any atom is 0.129 e. The van der Waals surface area contributed by atoms with E-state index in [4.69, 9.17) is 17.3 Å². The number of aliphatic hydroxyl groups is 1. The van der Waals surface area contributed by atoms with Crippen molar-refractivity contribution in [3.05, 3.63) is 22.8 Å². The van der Waals surface area contributed by atoms with Gasteiger partial charge in [0.25, 0.3) is 0 Å². The fourth-order valence-electron chi connectivity index (χ4n) is 2.41. The Morgan fingerprint density at radius 2 is 1.88 bits per heavy atom. The molecule has 0 saturated heterocycles. The van der Waals surface area contributed by atoms with E-state index in [0.29, 0.717) is 16.4 Å². The molecule has 3 nitrogen and oxygen atoms in total. The monoisotopic (exact) mass is 240 g/mol. The molecule has 1 fully saturated rings. The third-order valence-electron chi connectivity index (χ3n) is 3.32. The highest BCUT2D eigenvalue weighted by Crippen LogP contribution is 2.38. The molecule has 0 amide bonds. The van der Waals surface area contributed by atoms with Crippen LogP contribution in [-0.2, 0) is 5.60 Å². The van der Waals surface area contributed by atoms with E-state index in [9.17, 15) is 5.11 Å². The van der Waals surface area contributed by atoms with Gasteiger partial charge in [0.2, 0.25) is 0 Å². The normalized spacial score (nSPS) is 20.4. The van der Waals surface area contributed by atoms with Gasteiger partial charge in [-0.25, -0.2) is 4.98 Å². The summed E-state index contributed by atoms with van der Waals surface area (Å²) in [7, 11) is 0. The largest absolute Gasteiger partial charge is 0.385 e. The molecule has 1 aromatic rings. The summed E-state index contributed by atoms with van der Waals surface area (Å²) in [6.45, 7) is 0. The summed E-state index contributed by atoms with van der Waals surface area (Å²) in [4.78, 5) is 4.02. The number of anilines is 1. The summed E-state index contributed by atoms with van der Waals surface area (Å²) in [6.07, 6.45) is 7.43. The molecule has 0 aromatic carbocycles. The van der Waals surface area contributed by atoms with Crippen LogP contribution in [0.2, 0.25) is 5.02 Å². The number of hydrogen-bond acceptors (Lipinski definition) is 3. The van der Waals surface area contributed by atoms with Crippen LogP contribution < -0.4 is 5.73 Å². The van der Waals surface area contributed by atoms with Crippen molar-refractivity contribution >= 4 is 17.4 Å². The average molecular weight is 241 g/mol. The fourth-order valence-corrected chi connectivity index (χ4v) is 2.56. The third kappa shape index (κ3) is 2.30. The number of pyridine rings is 1. The van der Waals surface area contributed by atoms with E-state index in [0.717, 1.165) is 25.7 Å². The molecule has 0 aliphatic heterocycles. The quantitative estimate of drug-likeness (QED) is 0.742. The minimum atomic E-state index is -0.835. The second-order valence-corrected chi connectivity index (χ2v) is 4.97. The number of hydrogen-bond donors (Lipinski definition) is 2. The van der Waals surface area contributed by atoms with Gasteiger partial charge in [0.15, 0.2) is 0 Å². The Labute approximate surface area is 101 Å². The number of halogens is 1. The van der Waals surface area contributed by atoms with Crippen LogP contribution in [0.1, 0.15) is 44.1 Å². The lowest BCUT2D eigenvalue weighted by molar-refractivity contribution is 0.0212. The zero-order valence-electron chi connectivity index (χ0n) is 9.25. The van der Waals surface area contributed by atoms with Gasteiger partial charge in [0.05, 0.1) is 10.6 Å². The summed E-state index contributed by atoms with van der Waals surface area (Å²) in [5.74, 6) is 0.397. The zero-order chi connectivity index (χ0) is 11.6. The lowest BCUT2D eigenvalue weighted by atomic mass is 9.87. The van der Waals surface area contributed by atoms with Crippen molar-refractivity contribution in [1.82, 2.24) is 4.98 Å². The number of nitrogen functional groups attached to an aromatic ring is 1. The summed E-state index contributed by atoms with van der Waals surface area (Å²) in [5.41, 5.74) is 5.69. The van der Waals surface area contributed by atoms with Gasteiger partial charge < -0.3 is 10.8 Å². The minimum absolute atomic E-state index is 0.397. The van der Waals surface area contributed by atoms with E-state index in [-0.39, 0.29) is 0 Å². The van der Waals surface area contributed by atoms with Gasteiger partial charge in [0.1, 0.15) is 5.82 Å². The molecule has 1 saturated carbocycles. The Bertz CT molecular complexity index is 373. The molecule has 1 aliphatic rings. The summed E-state index contributed by atoms with van der Waals surface area (Å²) in [5, 5.41) is 11.2. The molecule has 1 aliphatic carbocycles. The van der Waals surface area contributed by atoms with Gasteiger partial charge in [-0.1, -0.05) is 37.3 Å². The number of rotatable bonds is 1. The fraction of sp³-hybridized carbons (Fsp3) is 0.583. The van der Waals surface area contributed by atoms with Crippen molar-refractivity contribution in [2.75, 3.05) is 5.73 Å². The maximum absolute atomic E-state index is 10.6. The van der Waals surface area contributed by atoms with Crippen molar-refractivity contribution < 1.29 is 5.11 Å². The Morgan fingerprint density at radius 3 is 2.50 bits per heavy atom. The highest BCUT2D eigenvalue weighted by Gasteiger charge is 2.32. The first kappa shape index (κ1) is 11.7. The molecule has 16 heavy (non-hydrogen) atoms. The van der Waals surface area contributed by atoms with Crippen molar-refractivity contribution in [3.63, 3.8) is 0 Å². The minimum Gasteiger partial charge on any atom is -0.385 e. The van der Waals surface area contributed by atoms with Gasteiger partial charge in [-0.3, -0.25) is 0 Å². The summed E-state index contributed by atoms with van der Waals surface area (Å²) >= 11 is 5.91. The highest BCUT2D eigenvalue weighted by atomic mass is 35.5. The lowest BCUT2D eigenvalue weighted by Crippen LogP contribution is -2.26. The van der Waals surface area contributed by atoms with Gasteiger partial charge in [-0.2, -0.15) is 0 Å². The van der Waals surface area contributed by atoms with Crippen molar-refractivity contribution in [2.45, 2.75) is 44.1 Å². The first-order chi connectivity index (χ1) is 7.62. The molecule has 3 N–H and O–H groups in total. The standard InChI is InChI=1S/C12H17ClN2O/c13-9-7-10(11(14)15-8-9)12(16)5-3-1-2-4-6-12/h7-8,16H,1-6H2,(H2,14,15). The molecule has 88 valence electrons. The molecule has 0 atom stereocenters. The Morgan fingerprint density at radius 1 is 1.25 bits per heavy atom. The van der Waals surface area contributed by atoms with Crippen LogP contribution in [0.5, 0.6) is 0 Å². The van der Waals surface area contributed by atoms with Crippen LogP contribution in [-0.4, -0.2) is 10.1 Å². The molecule has 0 bridgehead atoms. The Hall–Kier alpha value is -0.800. The SMILES string of the molecule is Nc1ncc(Cl)cc1C1(O)CCCCCC1. The molecular weight excluding hydrogens is 224 g/mol. The molecule has 2 rings (SSSR count). The van der Waals surface area contributed by atoms with Crippen LogP contribution in [0.15, 0.2) is 12.3 Å². The highest BCUT2D eigenvalue weighted by molar-refractivity contribution is 6.30. The van der Waals surface area contributed by atoms with Gasteiger partial charge in [-0.05, 0) is 18.9 Å². The molecular formula is C12H17ClN2O. The van der Waals surface area contributed by atoms with Crippen LogP contribution in [0.3, 0.4) is 0 Å². The number of nitrogens with zero attached hydrogens (tertiary/aromatic N) is 1. The summed E-state index contributed by atoms with van der Waals surface area (Å²) < 4.78 is 0. The maximum atomic E-state index is 10.6. The van der Waals surface area contributed by atoms with Crippen molar-refractivity contribution in [1.29, 1.82) is 0 Å². The van der Waals surface area contributed by atoms with E-state index < -0.39 is 5.60 Å². The van der Waals surface area contributed by atoms with E-state index in [1.165, 1.54) is 19.0 Å². The number of aromatic nitrogens is 1. The topological polar surface area (TPSA) is 59.1 Å². The van der Waals surface area contributed by atoms with E-state index in [1.807, 2.05) is 0 Å². The van der Waals surface area contributed by atoms with Crippen LogP contribution >= 0.6 is 11.6 Å². The van der Waals surface area contributed by atoms with Crippen LogP contribution in [0.4, 0.5) is 5.82 Å². The van der Waals surface area contributed by atoms with Crippen molar-refractivity contribution in [3.8, 4) is 0 Å². The smallest absolute Gasteiger partial charge is 0.129 e. The lowest BCUT2D eigenvalue weighted by Gasteiger charge is -2.28. The van der Waals surface area contributed by atoms with Gasteiger partial charge in [0, 0.05) is 11.8 Å². The molecule has 0 unspecified atom stereocenters. The summed E-state index contributed by atoms with van der Waals surface area (Å²) in [6, 6.07) is 1.75. The first-order valence-electron chi connectivity index (χ1n) is 5.76. The number of nitrogens with two attached hydrogens (primary N) is 1. The van der Waals surface area contributed by atoms with E-state index in [2.05, 4.69) is 4.98 Å². The Kier molecular flexibility index (Phi) is 3.36. The Balaban J connectivity index is 2.36. The van der Waals surface area contributed by atoms with Gasteiger partial charge >= 0.3 is 0 Å². The van der Waals surface area contributed by atoms with E-state index >= 15 is 0 Å². The van der Waals surface area contributed by atoms with Crippen molar-refractivity contribution in [2.24, 2.45) is 0 Å². The molecule has 4 heteroatoms. The molecule has 0 spiro atoms. The van der Waals surface area contributed by atoms with Crippen LogP contribution in [0.25, 0.3) is 0 Å². The third-order valence-corrected chi connectivity index (χ3v) is 3.52. The predicted molar refractivity (Wildman–Crippen MR) is 65.3 cm³/mol. The molecule has 1 heterocycles. The van der Waals surface area contributed by atoms with Crippen LogP contribution in [0, 0.1) is 0 Å². The zero-order valence-corrected chi connectivity index (χ0v) is 10.0. The molecule has 0 radical (unpaired) electrons. The van der Waals surface area contributed by atoms with E-state index in [1.54, 1.807) is 6.07 Å². The first-order valence-corrected chi connectivity index (χ1v) is 6.13.